The lowest BCUT2D eigenvalue weighted by Crippen LogP contribution is -2.71. The Labute approximate surface area is 195 Å². The maximum absolute atomic E-state index is 13.8. The van der Waals surface area contributed by atoms with Crippen molar-refractivity contribution in [1.82, 2.24) is 5.32 Å². The summed E-state index contributed by atoms with van der Waals surface area (Å²) in [5, 5.41) is 2.66. The number of nitrogens with zero attached hydrogens (tertiary/aromatic N) is 2. The topological polar surface area (TPSA) is 113 Å². The lowest BCUT2D eigenvalue weighted by molar-refractivity contribution is -0.143. The van der Waals surface area contributed by atoms with Crippen LogP contribution in [0.3, 0.4) is 0 Å². The molecule has 1 saturated carbocycles. The van der Waals surface area contributed by atoms with Crippen molar-refractivity contribution < 1.29 is 19.2 Å². The van der Waals surface area contributed by atoms with Gasteiger partial charge in [0.1, 0.15) is 0 Å². The van der Waals surface area contributed by atoms with Gasteiger partial charge in [0.05, 0.1) is 17.4 Å². The molecule has 0 saturated heterocycles. The summed E-state index contributed by atoms with van der Waals surface area (Å²) >= 11 is 0. The van der Waals surface area contributed by atoms with E-state index in [1.807, 2.05) is 27.7 Å². The Morgan fingerprint density at radius 2 is 1.42 bits per heavy atom. The summed E-state index contributed by atoms with van der Waals surface area (Å²) in [5.41, 5.74) is 5.18. The van der Waals surface area contributed by atoms with E-state index in [0.29, 0.717) is 36.8 Å². The number of anilines is 2. The molecule has 3 rings (SSSR count). The lowest BCUT2D eigenvalue weighted by Gasteiger charge is -2.33. The standard InChI is InChI=1S/C25H36N4O4/c1-15(2)13-28-19-8-6-7-9-20(19)29(14-16(3)4)24(33)25(26,23(28)32)22(31)17(5)27-21(30)12-18-10-11-18/h6-9,15-18H,10-14,26H2,1-5H3,(H,27,30)/t17-/m0/s1. The van der Waals surface area contributed by atoms with Crippen molar-refractivity contribution >= 4 is 34.9 Å². The van der Waals surface area contributed by atoms with Crippen LogP contribution in [0.1, 0.15) is 53.9 Å². The zero-order chi connectivity index (χ0) is 24.5. The molecule has 1 fully saturated rings. The van der Waals surface area contributed by atoms with Crippen LogP contribution in [0.25, 0.3) is 0 Å². The van der Waals surface area contributed by atoms with Crippen LogP contribution < -0.4 is 20.9 Å². The van der Waals surface area contributed by atoms with Crippen molar-refractivity contribution in [2.45, 2.75) is 65.5 Å². The second-order valence-electron chi connectivity index (χ2n) is 10.2. The summed E-state index contributed by atoms with van der Waals surface area (Å²) in [6.07, 6.45) is 2.34. The molecule has 0 aromatic heterocycles. The number of ketones is 1. The summed E-state index contributed by atoms with van der Waals surface area (Å²) in [4.78, 5) is 56.5. The Morgan fingerprint density at radius 1 is 0.970 bits per heavy atom. The smallest absolute Gasteiger partial charge is 0.264 e. The zero-order valence-electron chi connectivity index (χ0n) is 20.3. The first kappa shape index (κ1) is 24.9. The summed E-state index contributed by atoms with van der Waals surface area (Å²) in [6, 6.07) is 6.06. The van der Waals surface area contributed by atoms with Crippen LogP contribution in [0.5, 0.6) is 0 Å². The normalized spacial score (nSPS) is 18.9. The van der Waals surface area contributed by atoms with Crippen molar-refractivity contribution in [2.24, 2.45) is 23.5 Å². The van der Waals surface area contributed by atoms with Gasteiger partial charge in [-0.3, -0.25) is 19.2 Å². The molecule has 1 aromatic carbocycles. The predicted molar refractivity (Wildman–Crippen MR) is 128 cm³/mol. The minimum Gasteiger partial charge on any atom is -0.346 e. The first-order chi connectivity index (χ1) is 15.5. The van der Waals surface area contributed by atoms with Gasteiger partial charge in [0.2, 0.25) is 11.4 Å². The number of para-hydroxylation sites is 2. The molecule has 1 heterocycles. The SMILES string of the molecule is CC(C)CN1C(=O)C(N)(C(=O)[C@H](C)NC(=O)CC2CC2)C(=O)N(CC(C)C)c2ccccc21. The fourth-order valence-corrected chi connectivity index (χ4v) is 4.25. The van der Waals surface area contributed by atoms with Crippen LogP contribution in [0, 0.1) is 17.8 Å². The Kier molecular flexibility index (Phi) is 7.26. The molecule has 1 atom stereocenters. The molecule has 8 nitrogen and oxygen atoms in total. The van der Waals surface area contributed by atoms with Crippen molar-refractivity contribution in [3.05, 3.63) is 24.3 Å². The van der Waals surface area contributed by atoms with E-state index in [4.69, 9.17) is 5.73 Å². The van der Waals surface area contributed by atoms with Gasteiger partial charge in [-0.1, -0.05) is 39.8 Å². The molecule has 3 amide bonds. The number of hydrogen-bond acceptors (Lipinski definition) is 5. The largest absolute Gasteiger partial charge is 0.346 e. The van der Waals surface area contributed by atoms with Gasteiger partial charge in [-0.2, -0.15) is 0 Å². The quantitative estimate of drug-likeness (QED) is 0.554. The first-order valence-corrected chi connectivity index (χ1v) is 11.8. The third-order valence-corrected chi connectivity index (χ3v) is 6.05. The van der Waals surface area contributed by atoms with Crippen molar-refractivity contribution in [3.8, 4) is 0 Å². The highest BCUT2D eigenvalue weighted by molar-refractivity contribution is 6.37. The minimum atomic E-state index is -2.44. The third-order valence-electron chi connectivity index (χ3n) is 6.05. The van der Waals surface area contributed by atoms with E-state index in [2.05, 4.69) is 5.32 Å². The fraction of sp³-hybridized carbons (Fsp3) is 0.600. The maximum atomic E-state index is 13.8. The van der Waals surface area contributed by atoms with Gasteiger partial charge in [-0.05, 0) is 49.7 Å². The summed E-state index contributed by atoms with van der Waals surface area (Å²) in [6.45, 7) is 9.90. The van der Waals surface area contributed by atoms with Gasteiger partial charge in [0, 0.05) is 19.5 Å². The second kappa shape index (κ2) is 9.63. The summed E-state index contributed by atoms with van der Waals surface area (Å²) in [7, 11) is 0. The molecular formula is C25H36N4O4. The maximum Gasteiger partial charge on any atom is 0.264 e. The molecule has 0 spiro atoms. The van der Waals surface area contributed by atoms with Gasteiger partial charge in [-0.15, -0.1) is 0 Å². The number of benzene rings is 1. The number of carbonyl (C=O) groups excluding carboxylic acids is 4. The van der Waals surface area contributed by atoms with E-state index in [0.717, 1.165) is 12.8 Å². The molecule has 1 aliphatic heterocycles. The van der Waals surface area contributed by atoms with Crippen LogP contribution in [0.2, 0.25) is 0 Å². The minimum absolute atomic E-state index is 0.0729. The zero-order valence-corrected chi connectivity index (χ0v) is 20.3. The number of amides is 3. The number of hydrogen-bond donors (Lipinski definition) is 2. The molecule has 8 heteroatoms. The van der Waals surface area contributed by atoms with E-state index >= 15 is 0 Å². The van der Waals surface area contributed by atoms with Crippen molar-refractivity contribution in [2.75, 3.05) is 22.9 Å². The number of fused-ring (bicyclic) bond motifs is 1. The average Bonchev–Trinajstić information content (AvgIpc) is 3.57. The van der Waals surface area contributed by atoms with Crippen LogP contribution in [-0.4, -0.2) is 48.2 Å². The van der Waals surface area contributed by atoms with E-state index in [-0.39, 0.29) is 17.7 Å². The van der Waals surface area contributed by atoms with Gasteiger partial charge in [0.25, 0.3) is 11.8 Å². The van der Waals surface area contributed by atoms with Gasteiger partial charge >= 0.3 is 0 Å². The molecule has 3 N–H and O–H groups in total. The molecule has 1 aromatic rings. The molecule has 0 radical (unpaired) electrons. The highest BCUT2D eigenvalue weighted by Crippen LogP contribution is 2.37. The molecule has 0 bridgehead atoms. The van der Waals surface area contributed by atoms with E-state index in [9.17, 15) is 19.2 Å². The number of nitrogens with two attached hydrogens (primary N) is 1. The molecule has 180 valence electrons. The second-order valence-corrected chi connectivity index (χ2v) is 10.2. The number of rotatable bonds is 9. The van der Waals surface area contributed by atoms with Crippen molar-refractivity contribution in [1.29, 1.82) is 0 Å². The number of Topliss-reactive ketones (excluding diaryl/α,β-unsaturated/α-hetero) is 1. The Balaban J connectivity index is 2.04. The van der Waals surface area contributed by atoms with Crippen LogP contribution in [0.4, 0.5) is 11.4 Å². The van der Waals surface area contributed by atoms with Crippen LogP contribution in [0.15, 0.2) is 24.3 Å². The molecule has 0 unspecified atom stereocenters. The lowest BCUT2D eigenvalue weighted by atomic mass is 9.87. The van der Waals surface area contributed by atoms with Gasteiger partial charge in [-0.25, -0.2) is 0 Å². The summed E-state index contributed by atoms with van der Waals surface area (Å²) in [5.74, 6) is -2.08. The van der Waals surface area contributed by atoms with E-state index in [1.54, 1.807) is 24.3 Å². The average molecular weight is 457 g/mol. The first-order valence-electron chi connectivity index (χ1n) is 11.8. The Hall–Kier alpha value is -2.74. The predicted octanol–water partition coefficient (Wildman–Crippen LogP) is 2.25. The fourth-order valence-electron chi connectivity index (χ4n) is 4.25. The van der Waals surface area contributed by atoms with Gasteiger partial charge < -0.3 is 20.9 Å². The number of carbonyl (C=O) groups is 4. The highest BCUT2D eigenvalue weighted by atomic mass is 16.2. The number of nitrogens with one attached hydrogen (secondary N) is 1. The molecule has 1 aliphatic carbocycles. The van der Waals surface area contributed by atoms with E-state index in [1.165, 1.54) is 16.7 Å². The molecular weight excluding hydrogens is 420 g/mol. The molecule has 2 aliphatic rings. The van der Waals surface area contributed by atoms with Crippen LogP contribution in [-0.2, 0) is 19.2 Å². The van der Waals surface area contributed by atoms with Crippen molar-refractivity contribution in [3.63, 3.8) is 0 Å². The highest BCUT2D eigenvalue weighted by Gasteiger charge is 2.57. The summed E-state index contributed by atoms with van der Waals surface area (Å²) < 4.78 is 0. The molecule has 33 heavy (non-hydrogen) atoms. The third kappa shape index (κ3) is 5.11. The van der Waals surface area contributed by atoms with E-state index < -0.39 is 29.2 Å². The van der Waals surface area contributed by atoms with Crippen LogP contribution >= 0.6 is 0 Å². The Bertz CT molecular complexity index is 889. The van der Waals surface area contributed by atoms with Gasteiger partial charge in [0.15, 0.2) is 5.78 Å². The Morgan fingerprint density at radius 3 is 1.82 bits per heavy atom. The monoisotopic (exact) mass is 456 g/mol.